The minimum absolute atomic E-state index is 0.0157. The largest absolute Gasteiger partial charge is 0.486 e. The lowest BCUT2D eigenvalue weighted by Gasteiger charge is -2.49. The minimum Gasteiger partial charge on any atom is -0.486 e. The molecule has 6 heterocycles. The van der Waals surface area contributed by atoms with E-state index in [9.17, 15) is 0 Å². The highest BCUT2D eigenvalue weighted by Crippen LogP contribution is 2.64. The van der Waals surface area contributed by atoms with E-state index in [1.165, 1.54) is 76.1 Å². The van der Waals surface area contributed by atoms with Gasteiger partial charge in [0.05, 0.1) is 28.5 Å². The van der Waals surface area contributed by atoms with E-state index in [4.69, 9.17) is 14.7 Å². The van der Waals surface area contributed by atoms with Gasteiger partial charge in [-0.05, 0) is 88.4 Å². The first-order chi connectivity index (χ1) is 31.7. The van der Waals surface area contributed by atoms with Crippen LogP contribution in [0, 0.1) is 0 Å². The van der Waals surface area contributed by atoms with Gasteiger partial charge in [0.15, 0.2) is 5.82 Å². The molecule has 0 amide bonds. The molecule has 4 nitrogen and oxygen atoms in total. The quantitative estimate of drug-likeness (QED) is 0.177. The number of fused-ring (bicyclic) bond motifs is 9. The van der Waals surface area contributed by atoms with Crippen molar-refractivity contribution in [3.8, 4) is 50.8 Å². The smallest absolute Gasteiger partial charge is 0.161 e. The van der Waals surface area contributed by atoms with Crippen molar-refractivity contribution < 1.29 is 4.74 Å². The van der Waals surface area contributed by atoms with Crippen molar-refractivity contribution in [1.29, 1.82) is 0 Å². The van der Waals surface area contributed by atoms with Crippen LogP contribution in [0.4, 0.5) is 11.4 Å². The molecule has 64 heavy (non-hydrogen) atoms. The SMILES string of the molecule is C1=CCC2C(=C1)c1cccc3c1N2c1ccc(-c2ccc4sc5cccc(-c6nc(-c7ccccc7)cc(-c7ccccc7)n6)c5c4c2)cc1C31C2=CCC(C=C2)Oc2ccccc21. The average molecular weight is 838 g/mol. The van der Waals surface area contributed by atoms with Crippen molar-refractivity contribution in [2.45, 2.75) is 30.4 Å². The van der Waals surface area contributed by atoms with Gasteiger partial charge in [0, 0.05) is 60.1 Å². The fourth-order valence-electron chi connectivity index (χ4n) is 11.3. The Hall–Kier alpha value is -7.60. The highest BCUT2D eigenvalue weighted by atomic mass is 32.1. The Morgan fingerprint density at radius 2 is 1.34 bits per heavy atom. The number of allylic oxidation sites excluding steroid dienone is 4. The minimum atomic E-state index is -0.600. The summed E-state index contributed by atoms with van der Waals surface area (Å²) in [6.45, 7) is 0. The third-order valence-electron chi connectivity index (χ3n) is 14.1. The zero-order valence-electron chi connectivity index (χ0n) is 34.8. The maximum atomic E-state index is 6.88. The maximum absolute atomic E-state index is 6.88. The van der Waals surface area contributed by atoms with E-state index in [2.05, 4.69) is 193 Å². The fourth-order valence-corrected chi connectivity index (χ4v) is 12.4. The summed E-state index contributed by atoms with van der Waals surface area (Å²) >= 11 is 1.83. The van der Waals surface area contributed by atoms with Gasteiger partial charge in [-0.1, -0.05) is 152 Å². The summed E-state index contributed by atoms with van der Waals surface area (Å²) in [5.41, 5.74) is 17.1. The number of rotatable bonds is 4. The number of nitrogens with zero attached hydrogens (tertiary/aromatic N) is 3. The summed E-state index contributed by atoms with van der Waals surface area (Å²) < 4.78 is 9.34. The number of anilines is 2. The molecule has 1 spiro atoms. The van der Waals surface area contributed by atoms with Gasteiger partial charge in [-0.3, -0.25) is 0 Å². The van der Waals surface area contributed by atoms with Crippen LogP contribution >= 0.6 is 11.3 Å². The van der Waals surface area contributed by atoms with Crippen molar-refractivity contribution in [3.05, 3.63) is 228 Å². The van der Waals surface area contributed by atoms with Crippen LogP contribution in [0.1, 0.15) is 35.1 Å². The Balaban J connectivity index is 0.997. The zero-order chi connectivity index (χ0) is 41.9. The molecule has 0 radical (unpaired) electrons. The summed E-state index contributed by atoms with van der Waals surface area (Å²) in [5.74, 6) is 1.68. The molecular weight excluding hydrogens is 799 g/mol. The van der Waals surface area contributed by atoms with Gasteiger partial charge in [-0.15, -0.1) is 11.3 Å². The Morgan fingerprint density at radius 3 is 2.16 bits per heavy atom. The van der Waals surface area contributed by atoms with Crippen molar-refractivity contribution in [2.75, 3.05) is 4.90 Å². The van der Waals surface area contributed by atoms with E-state index in [1.54, 1.807) is 0 Å². The summed E-state index contributed by atoms with van der Waals surface area (Å²) in [6, 6.07) is 59.9. The molecule has 0 saturated heterocycles. The summed E-state index contributed by atoms with van der Waals surface area (Å²) in [6.07, 6.45) is 15.8. The number of ether oxygens (including phenoxy) is 1. The molecule has 0 fully saturated rings. The second-order valence-corrected chi connectivity index (χ2v) is 18.5. The van der Waals surface area contributed by atoms with Crippen LogP contribution in [0.15, 0.2) is 206 Å². The Kier molecular flexibility index (Phi) is 7.69. The number of hydrogen-bond donors (Lipinski definition) is 0. The normalized spacial score (nSPS) is 19.7. The maximum Gasteiger partial charge on any atom is 0.161 e. The molecule has 9 aromatic rings. The topological polar surface area (TPSA) is 38.2 Å². The van der Waals surface area contributed by atoms with Crippen LogP contribution in [0.2, 0.25) is 0 Å². The van der Waals surface area contributed by atoms with Gasteiger partial charge >= 0.3 is 0 Å². The van der Waals surface area contributed by atoms with Crippen LogP contribution in [0.3, 0.4) is 0 Å². The first kappa shape index (κ1) is 35.9. The number of benzene rings is 7. The van der Waals surface area contributed by atoms with Crippen molar-refractivity contribution in [3.63, 3.8) is 0 Å². The summed E-state index contributed by atoms with van der Waals surface area (Å²) in [4.78, 5) is 13.2. The van der Waals surface area contributed by atoms with E-state index in [1.807, 2.05) is 23.5 Å². The standard InChI is InChI=1S/C59H39N3OS/c1-3-13-36(14-4-1)49-35-50(37-15-5-2-6-16-37)61-58(60-49)44-19-12-24-55-56(44)45-33-38(26-32-54(45)64-55)39-25-31-52-48(34-39)59(40-27-29-41(30-28-40)63-53-23-10-8-20-46(53)59)47-21-11-18-43-42-17-7-9-22-51(42)62(52)57(43)47/h1-21,23-29,31-35,41,51H,22,30H2. The highest BCUT2D eigenvalue weighted by molar-refractivity contribution is 7.26. The zero-order valence-corrected chi connectivity index (χ0v) is 35.6. The number of para-hydroxylation sites is 2. The van der Waals surface area contributed by atoms with E-state index < -0.39 is 5.41 Å². The van der Waals surface area contributed by atoms with Crippen LogP contribution in [0.25, 0.3) is 70.8 Å². The summed E-state index contributed by atoms with van der Waals surface area (Å²) in [7, 11) is 0. The molecule has 2 aromatic heterocycles. The Morgan fingerprint density at radius 1 is 0.609 bits per heavy atom. The molecule has 2 aliphatic carbocycles. The molecule has 7 aromatic carbocycles. The van der Waals surface area contributed by atoms with Crippen molar-refractivity contribution in [2.24, 2.45) is 0 Å². The summed E-state index contributed by atoms with van der Waals surface area (Å²) in [5, 5.41) is 2.40. The van der Waals surface area contributed by atoms with Crippen molar-refractivity contribution >= 4 is 48.5 Å². The van der Waals surface area contributed by atoms with E-state index in [-0.39, 0.29) is 12.1 Å². The first-order valence-corrected chi connectivity index (χ1v) is 23.1. The molecule has 3 atom stereocenters. The van der Waals surface area contributed by atoms with Crippen LogP contribution in [-0.4, -0.2) is 22.1 Å². The lowest BCUT2D eigenvalue weighted by atomic mass is 9.60. The monoisotopic (exact) mass is 837 g/mol. The molecule has 3 unspecified atom stereocenters. The van der Waals surface area contributed by atoms with Crippen LogP contribution in [0.5, 0.6) is 5.75 Å². The molecular formula is C59H39N3OS. The van der Waals surface area contributed by atoms with Crippen LogP contribution < -0.4 is 9.64 Å². The average Bonchev–Trinajstić information content (AvgIpc) is 3.91. The van der Waals surface area contributed by atoms with Gasteiger partial charge in [0.25, 0.3) is 0 Å². The van der Waals surface area contributed by atoms with E-state index >= 15 is 0 Å². The van der Waals surface area contributed by atoms with Gasteiger partial charge < -0.3 is 9.64 Å². The predicted octanol–water partition coefficient (Wildman–Crippen LogP) is 14.7. The molecule has 6 aliphatic rings. The second kappa shape index (κ2) is 13.7. The fraction of sp³-hybridized carbons (Fsp3) is 0.0847. The molecule has 4 aliphatic heterocycles. The lowest BCUT2D eigenvalue weighted by molar-refractivity contribution is 0.242. The number of hydrogen-bond acceptors (Lipinski definition) is 5. The molecule has 0 N–H and O–H groups in total. The third kappa shape index (κ3) is 5.10. The number of aromatic nitrogens is 2. The van der Waals surface area contributed by atoms with Crippen LogP contribution in [-0.2, 0) is 5.41 Å². The molecule has 2 bridgehead atoms. The number of thiophene rings is 1. The lowest BCUT2D eigenvalue weighted by Crippen LogP contribution is -2.42. The van der Waals surface area contributed by atoms with Crippen molar-refractivity contribution in [1.82, 2.24) is 9.97 Å². The van der Waals surface area contributed by atoms with Gasteiger partial charge in [0.1, 0.15) is 11.9 Å². The van der Waals surface area contributed by atoms with E-state index in [0.717, 1.165) is 52.5 Å². The Bertz CT molecular complexity index is 3500. The second-order valence-electron chi connectivity index (χ2n) is 17.4. The highest BCUT2D eigenvalue weighted by Gasteiger charge is 2.53. The molecule has 15 rings (SSSR count). The van der Waals surface area contributed by atoms with Gasteiger partial charge in [-0.2, -0.15) is 0 Å². The Labute approximate surface area is 375 Å². The first-order valence-electron chi connectivity index (χ1n) is 22.3. The van der Waals surface area contributed by atoms with Gasteiger partial charge in [-0.25, -0.2) is 9.97 Å². The molecule has 302 valence electrons. The predicted molar refractivity (Wildman–Crippen MR) is 263 cm³/mol. The van der Waals surface area contributed by atoms with E-state index in [0.29, 0.717) is 0 Å². The molecule has 5 heteroatoms. The molecule has 0 saturated carbocycles. The van der Waals surface area contributed by atoms with Gasteiger partial charge in [0.2, 0.25) is 0 Å². The third-order valence-corrected chi connectivity index (χ3v) is 15.2.